The molecule has 0 aromatic heterocycles. The van der Waals surface area contributed by atoms with Gasteiger partial charge in [-0.3, -0.25) is 9.59 Å². The fraction of sp³-hybridized carbons (Fsp3) is 0.684. The predicted molar refractivity (Wildman–Crippen MR) is 97.9 cm³/mol. The number of carbonyl (C=O) groups excluding carboxylic acids is 2. The highest BCUT2D eigenvalue weighted by Gasteiger charge is 2.37. The number of nitrogens with zero attached hydrogens (tertiary/aromatic N) is 2. The first-order chi connectivity index (χ1) is 13.0. The van der Waals surface area contributed by atoms with Crippen LogP contribution in [0.5, 0.6) is 0 Å². The molecule has 3 aliphatic heterocycles. The van der Waals surface area contributed by atoms with Gasteiger partial charge in [0.1, 0.15) is 6.04 Å². The molecule has 0 aromatic rings. The number of nitriles is 2. The Hall–Kier alpha value is -2.42. The van der Waals surface area contributed by atoms with Crippen LogP contribution in [0.15, 0.2) is 11.6 Å². The number of fused-ring (bicyclic) bond motifs is 1. The van der Waals surface area contributed by atoms with E-state index in [1.54, 1.807) is 6.08 Å². The molecule has 0 saturated carbocycles. The van der Waals surface area contributed by atoms with Crippen LogP contribution in [-0.2, 0) is 9.59 Å². The third kappa shape index (κ3) is 4.47. The number of carbonyl (C=O) groups is 2. The molecule has 4 N–H and O–H groups in total. The maximum Gasteiger partial charge on any atom is 0.247 e. The standard InChI is InChI=1S/C19H26N6O2/c1-11(15-3-2-12(8-20)10-23-15)24-18(26)7-13-6-14-16(25-19(13)27)4-5-22-17(14)9-21/h6,11-12,14-17,22-23H,2-5,7,10H2,1H3,(H,24,26)(H,25,27)/t11-,12?,14?,15?,16?,17?/m1/s1. The van der Waals surface area contributed by atoms with Gasteiger partial charge in [-0.1, -0.05) is 6.08 Å². The molecule has 2 amide bonds. The molecule has 2 saturated heterocycles. The smallest absolute Gasteiger partial charge is 0.247 e. The summed E-state index contributed by atoms with van der Waals surface area (Å²) < 4.78 is 0. The average molecular weight is 370 g/mol. The van der Waals surface area contributed by atoms with Gasteiger partial charge >= 0.3 is 0 Å². The lowest BCUT2D eigenvalue weighted by atomic mass is 9.82. The number of hydrogen-bond donors (Lipinski definition) is 4. The Bertz CT molecular complexity index is 698. The first-order valence-corrected chi connectivity index (χ1v) is 9.58. The van der Waals surface area contributed by atoms with Crippen molar-refractivity contribution in [2.45, 2.75) is 56.8 Å². The minimum absolute atomic E-state index is 0.00504. The van der Waals surface area contributed by atoms with Crippen LogP contribution in [0.4, 0.5) is 0 Å². The Kier molecular flexibility index (Phi) is 6.10. The Balaban J connectivity index is 1.57. The lowest BCUT2D eigenvalue weighted by molar-refractivity contribution is -0.124. The third-order valence-corrected chi connectivity index (χ3v) is 5.79. The van der Waals surface area contributed by atoms with Crippen LogP contribution < -0.4 is 21.3 Å². The van der Waals surface area contributed by atoms with Gasteiger partial charge < -0.3 is 21.3 Å². The minimum atomic E-state index is -0.346. The third-order valence-electron chi connectivity index (χ3n) is 5.79. The number of nitrogens with one attached hydrogen (secondary N) is 4. The van der Waals surface area contributed by atoms with Crippen LogP contribution in [0.1, 0.15) is 32.6 Å². The van der Waals surface area contributed by atoms with E-state index in [0.29, 0.717) is 18.7 Å². The molecule has 3 rings (SSSR count). The van der Waals surface area contributed by atoms with Crippen LogP contribution >= 0.6 is 0 Å². The van der Waals surface area contributed by atoms with Crippen molar-refractivity contribution in [2.24, 2.45) is 11.8 Å². The molecule has 5 unspecified atom stereocenters. The van der Waals surface area contributed by atoms with Gasteiger partial charge in [-0.15, -0.1) is 0 Å². The van der Waals surface area contributed by atoms with Gasteiger partial charge in [-0.2, -0.15) is 10.5 Å². The fourth-order valence-corrected chi connectivity index (χ4v) is 4.17. The normalized spacial score (nSPS) is 34.1. The van der Waals surface area contributed by atoms with Crippen LogP contribution in [-0.4, -0.2) is 49.1 Å². The SMILES string of the molecule is C[C@@H](NC(=O)CC1=CC2C(C#N)NCCC2NC1=O)C1CCC(C#N)CN1. The average Bonchev–Trinajstić information content (AvgIpc) is 2.68. The molecule has 0 aliphatic carbocycles. The second-order valence-corrected chi connectivity index (χ2v) is 7.65. The summed E-state index contributed by atoms with van der Waals surface area (Å²) >= 11 is 0. The summed E-state index contributed by atoms with van der Waals surface area (Å²) in [6.07, 6.45) is 4.24. The molecule has 27 heavy (non-hydrogen) atoms. The van der Waals surface area contributed by atoms with Gasteiger partial charge in [-0.25, -0.2) is 0 Å². The zero-order valence-corrected chi connectivity index (χ0v) is 15.5. The monoisotopic (exact) mass is 370 g/mol. The summed E-state index contributed by atoms with van der Waals surface area (Å²) in [5.74, 6) is -0.496. The van der Waals surface area contributed by atoms with Crippen molar-refractivity contribution in [3.05, 3.63) is 11.6 Å². The van der Waals surface area contributed by atoms with Crippen LogP contribution in [0.25, 0.3) is 0 Å². The van der Waals surface area contributed by atoms with Gasteiger partial charge in [0, 0.05) is 36.2 Å². The van der Waals surface area contributed by atoms with Crippen molar-refractivity contribution < 1.29 is 9.59 Å². The zero-order chi connectivity index (χ0) is 19.4. The molecule has 0 aromatic carbocycles. The maximum atomic E-state index is 12.4. The summed E-state index contributed by atoms with van der Waals surface area (Å²) in [5, 5.41) is 30.6. The van der Waals surface area contributed by atoms with Crippen molar-refractivity contribution in [1.29, 1.82) is 10.5 Å². The summed E-state index contributed by atoms with van der Waals surface area (Å²) in [4.78, 5) is 24.8. The van der Waals surface area contributed by atoms with Crippen molar-refractivity contribution in [3.8, 4) is 12.1 Å². The molecule has 8 heteroatoms. The topological polar surface area (TPSA) is 130 Å². The first-order valence-electron chi connectivity index (χ1n) is 9.58. The lowest BCUT2D eigenvalue weighted by Gasteiger charge is -2.38. The van der Waals surface area contributed by atoms with E-state index in [9.17, 15) is 14.9 Å². The molecule has 6 atom stereocenters. The molecule has 0 spiro atoms. The number of rotatable bonds is 4. The highest BCUT2D eigenvalue weighted by molar-refractivity contribution is 5.99. The Labute approximate surface area is 159 Å². The highest BCUT2D eigenvalue weighted by atomic mass is 16.2. The van der Waals surface area contributed by atoms with E-state index in [0.717, 1.165) is 19.3 Å². The molecule has 2 fully saturated rings. The predicted octanol–water partition coefficient (Wildman–Crippen LogP) is -0.301. The number of piperidine rings is 2. The summed E-state index contributed by atoms with van der Waals surface area (Å²) in [6, 6.07) is 4.15. The number of hydrogen-bond acceptors (Lipinski definition) is 6. The van der Waals surface area contributed by atoms with Gasteiger partial charge in [0.15, 0.2) is 0 Å². The van der Waals surface area contributed by atoms with Crippen molar-refractivity contribution >= 4 is 11.8 Å². The van der Waals surface area contributed by atoms with E-state index in [1.807, 2.05) is 6.92 Å². The van der Waals surface area contributed by atoms with Crippen LogP contribution in [0.2, 0.25) is 0 Å². The Morgan fingerprint density at radius 2 is 2.11 bits per heavy atom. The molecular formula is C19H26N6O2. The van der Waals surface area contributed by atoms with Crippen molar-refractivity contribution in [1.82, 2.24) is 21.3 Å². The quantitative estimate of drug-likeness (QED) is 0.538. The highest BCUT2D eigenvalue weighted by Crippen LogP contribution is 2.25. The van der Waals surface area contributed by atoms with Crippen LogP contribution in [0.3, 0.4) is 0 Å². The van der Waals surface area contributed by atoms with Gasteiger partial charge in [0.05, 0.1) is 24.5 Å². The van der Waals surface area contributed by atoms with Gasteiger partial charge in [-0.05, 0) is 32.7 Å². The fourth-order valence-electron chi connectivity index (χ4n) is 4.17. The van der Waals surface area contributed by atoms with E-state index in [-0.39, 0.29) is 54.2 Å². The van der Waals surface area contributed by atoms with E-state index < -0.39 is 0 Å². The largest absolute Gasteiger partial charge is 0.352 e. The molecular weight excluding hydrogens is 344 g/mol. The second-order valence-electron chi connectivity index (χ2n) is 7.65. The Morgan fingerprint density at radius 1 is 1.30 bits per heavy atom. The van der Waals surface area contributed by atoms with E-state index in [1.165, 1.54) is 0 Å². The minimum Gasteiger partial charge on any atom is -0.352 e. The first kappa shape index (κ1) is 19.3. The van der Waals surface area contributed by atoms with E-state index in [4.69, 9.17) is 5.26 Å². The van der Waals surface area contributed by atoms with Gasteiger partial charge in [0.2, 0.25) is 11.8 Å². The second kappa shape index (κ2) is 8.51. The zero-order valence-electron chi connectivity index (χ0n) is 15.5. The molecule has 144 valence electrons. The maximum absolute atomic E-state index is 12.4. The molecule has 0 radical (unpaired) electrons. The Morgan fingerprint density at radius 3 is 2.78 bits per heavy atom. The summed E-state index contributed by atoms with van der Waals surface area (Å²) in [5.41, 5.74) is 0.422. The lowest BCUT2D eigenvalue weighted by Crippen LogP contribution is -2.56. The summed E-state index contributed by atoms with van der Waals surface area (Å²) in [7, 11) is 0. The number of amides is 2. The molecule has 8 nitrogen and oxygen atoms in total. The van der Waals surface area contributed by atoms with Crippen molar-refractivity contribution in [2.75, 3.05) is 13.1 Å². The van der Waals surface area contributed by atoms with Gasteiger partial charge in [0.25, 0.3) is 0 Å². The van der Waals surface area contributed by atoms with Crippen molar-refractivity contribution in [3.63, 3.8) is 0 Å². The van der Waals surface area contributed by atoms with Crippen LogP contribution in [0, 0.1) is 34.5 Å². The van der Waals surface area contributed by atoms with E-state index >= 15 is 0 Å². The molecule has 0 bridgehead atoms. The molecule has 3 heterocycles. The molecule has 3 aliphatic rings. The van der Waals surface area contributed by atoms with E-state index in [2.05, 4.69) is 33.4 Å². The summed E-state index contributed by atoms with van der Waals surface area (Å²) in [6.45, 7) is 3.27.